The summed E-state index contributed by atoms with van der Waals surface area (Å²) in [4.78, 5) is 0. The first-order chi connectivity index (χ1) is 6.63. The zero-order valence-electron chi connectivity index (χ0n) is 7.54. The first kappa shape index (κ1) is 10.1. The number of rotatable bonds is 2. The Kier molecular flexibility index (Phi) is 2.86. The van der Waals surface area contributed by atoms with Crippen molar-refractivity contribution < 1.29 is 4.74 Å². The Hall–Kier alpha value is -0.440. The summed E-state index contributed by atoms with van der Waals surface area (Å²) in [5.74, 6) is 0.722. The van der Waals surface area contributed by atoms with E-state index in [9.17, 15) is 0 Å². The van der Waals surface area contributed by atoms with Crippen LogP contribution >= 0.6 is 23.2 Å². The molecule has 1 aliphatic rings. The van der Waals surface area contributed by atoms with Crippen molar-refractivity contribution in [1.82, 2.24) is 0 Å². The van der Waals surface area contributed by atoms with Crippen molar-refractivity contribution in [1.29, 1.82) is 0 Å². The highest BCUT2D eigenvalue weighted by Crippen LogP contribution is 2.29. The molecule has 0 saturated heterocycles. The minimum atomic E-state index is 0.222. The molecule has 0 amide bonds. The fourth-order valence-electron chi connectivity index (χ4n) is 1.49. The van der Waals surface area contributed by atoms with Gasteiger partial charge in [-0.2, -0.15) is 0 Å². The van der Waals surface area contributed by atoms with Gasteiger partial charge in [0.2, 0.25) is 0 Å². The SMILES string of the molecule is NC1CC(Oc2cc(Cl)cc(Cl)c2)C1. The molecule has 0 radical (unpaired) electrons. The summed E-state index contributed by atoms with van der Waals surface area (Å²) in [6.07, 6.45) is 2.04. The van der Waals surface area contributed by atoms with Crippen molar-refractivity contribution in [3.63, 3.8) is 0 Å². The highest BCUT2D eigenvalue weighted by molar-refractivity contribution is 6.34. The summed E-state index contributed by atoms with van der Waals surface area (Å²) in [6, 6.07) is 5.49. The molecule has 1 aromatic rings. The van der Waals surface area contributed by atoms with Crippen LogP contribution in [0.1, 0.15) is 12.8 Å². The highest BCUT2D eigenvalue weighted by Gasteiger charge is 2.27. The Morgan fingerprint density at radius 3 is 2.21 bits per heavy atom. The van der Waals surface area contributed by atoms with Gasteiger partial charge >= 0.3 is 0 Å². The van der Waals surface area contributed by atoms with Crippen LogP contribution in [-0.4, -0.2) is 12.1 Å². The van der Waals surface area contributed by atoms with E-state index in [2.05, 4.69) is 0 Å². The van der Waals surface area contributed by atoms with E-state index in [-0.39, 0.29) is 12.1 Å². The second kappa shape index (κ2) is 3.97. The maximum absolute atomic E-state index is 5.83. The second-order valence-electron chi connectivity index (χ2n) is 3.58. The van der Waals surface area contributed by atoms with Crippen LogP contribution in [0.15, 0.2) is 18.2 Å². The Morgan fingerprint density at radius 1 is 1.14 bits per heavy atom. The molecule has 0 spiro atoms. The summed E-state index contributed by atoms with van der Waals surface area (Å²) in [5.41, 5.74) is 5.65. The van der Waals surface area contributed by atoms with E-state index >= 15 is 0 Å². The summed E-state index contributed by atoms with van der Waals surface area (Å²) in [6.45, 7) is 0. The minimum absolute atomic E-state index is 0.222. The van der Waals surface area contributed by atoms with Crippen molar-refractivity contribution in [2.45, 2.75) is 25.0 Å². The van der Waals surface area contributed by atoms with E-state index in [0.29, 0.717) is 10.0 Å². The first-order valence-electron chi connectivity index (χ1n) is 4.52. The maximum atomic E-state index is 5.83. The third-order valence-corrected chi connectivity index (χ3v) is 2.71. The van der Waals surface area contributed by atoms with Crippen LogP contribution in [0.25, 0.3) is 0 Å². The van der Waals surface area contributed by atoms with Gasteiger partial charge in [0.05, 0.1) is 0 Å². The molecule has 0 aliphatic heterocycles. The predicted octanol–water partition coefficient (Wildman–Crippen LogP) is 2.86. The molecule has 76 valence electrons. The lowest BCUT2D eigenvalue weighted by Gasteiger charge is -2.32. The van der Waals surface area contributed by atoms with Crippen molar-refractivity contribution >= 4 is 23.2 Å². The largest absolute Gasteiger partial charge is 0.490 e. The van der Waals surface area contributed by atoms with E-state index in [1.807, 2.05) is 0 Å². The topological polar surface area (TPSA) is 35.2 Å². The van der Waals surface area contributed by atoms with Crippen LogP contribution in [0.3, 0.4) is 0 Å². The van der Waals surface area contributed by atoms with Gasteiger partial charge in [0.1, 0.15) is 11.9 Å². The summed E-state index contributed by atoms with van der Waals surface area (Å²) in [5, 5.41) is 1.19. The molecule has 14 heavy (non-hydrogen) atoms. The second-order valence-corrected chi connectivity index (χ2v) is 4.45. The molecule has 1 fully saturated rings. The quantitative estimate of drug-likeness (QED) is 0.850. The van der Waals surface area contributed by atoms with Gasteiger partial charge in [-0.15, -0.1) is 0 Å². The van der Waals surface area contributed by atoms with E-state index < -0.39 is 0 Å². The summed E-state index contributed by atoms with van der Waals surface area (Å²) < 4.78 is 5.63. The maximum Gasteiger partial charge on any atom is 0.122 e. The minimum Gasteiger partial charge on any atom is -0.490 e. The molecule has 2 nitrogen and oxygen atoms in total. The standard InChI is InChI=1S/C10H11Cl2NO/c11-6-1-7(12)3-9(2-6)14-10-4-8(13)5-10/h1-3,8,10H,4-5,13H2. The number of halogens is 2. The predicted molar refractivity (Wildman–Crippen MR) is 58.1 cm³/mol. The van der Waals surface area contributed by atoms with Crippen molar-refractivity contribution in [3.05, 3.63) is 28.2 Å². The molecule has 0 bridgehead atoms. The van der Waals surface area contributed by atoms with Crippen molar-refractivity contribution in [2.75, 3.05) is 0 Å². The molecule has 4 heteroatoms. The molecule has 0 unspecified atom stereocenters. The Morgan fingerprint density at radius 2 is 1.71 bits per heavy atom. The molecular weight excluding hydrogens is 221 g/mol. The first-order valence-corrected chi connectivity index (χ1v) is 5.27. The Balaban J connectivity index is 2.02. The monoisotopic (exact) mass is 231 g/mol. The third kappa shape index (κ3) is 2.32. The number of nitrogens with two attached hydrogens (primary N) is 1. The third-order valence-electron chi connectivity index (χ3n) is 2.27. The van der Waals surface area contributed by atoms with Crippen LogP contribution in [0.5, 0.6) is 5.75 Å². The average molecular weight is 232 g/mol. The average Bonchev–Trinajstić information content (AvgIpc) is 1.99. The smallest absolute Gasteiger partial charge is 0.122 e. The van der Waals surface area contributed by atoms with Gasteiger partial charge < -0.3 is 10.5 Å². The van der Waals surface area contributed by atoms with Gasteiger partial charge in [-0.1, -0.05) is 23.2 Å². The van der Waals surface area contributed by atoms with Gasteiger partial charge in [-0.25, -0.2) is 0 Å². The van der Waals surface area contributed by atoms with Crippen LogP contribution in [0.2, 0.25) is 10.0 Å². The number of benzene rings is 1. The molecule has 1 aromatic carbocycles. The van der Waals surface area contributed by atoms with Crippen LogP contribution in [0.4, 0.5) is 0 Å². The molecular formula is C10H11Cl2NO. The number of hydrogen-bond donors (Lipinski definition) is 1. The Labute approximate surface area is 92.9 Å². The van der Waals surface area contributed by atoms with Gasteiger partial charge in [-0.3, -0.25) is 0 Å². The van der Waals surface area contributed by atoms with Crippen molar-refractivity contribution in [3.8, 4) is 5.75 Å². The van der Waals surface area contributed by atoms with Crippen LogP contribution in [-0.2, 0) is 0 Å². The van der Waals surface area contributed by atoms with Gasteiger partial charge in [0, 0.05) is 16.1 Å². The molecule has 0 aromatic heterocycles. The highest BCUT2D eigenvalue weighted by atomic mass is 35.5. The molecule has 0 atom stereocenters. The zero-order valence-corrected chi connectivity index (χ0v) is 9.05. The lowest BCUT2D eigenvalue weighted by Crippen LogP contribution is -2.43. The fourth-order valence-corrected chi connectivity index (χ4v) is 2.00. The summed E-state index contributed by atoms with van der Waals surface area (Å²) in [7, 11) is 0. The number of ether oxygens (including phenoxy) is 1. The van der Waals surface area contributed by atoms with Crippen LogP contribution < -0.4 is 10.5 Å². The van der Waals surface area contributed by atoms with Gasteiger partial charge in [0.25, 0.3) is 0 Å². The molecule has 0 heterocycles. The number of hydrogen-bond acceptors (Lipinski definition) is 2. The fraction of sp³-hybridized carbons (Fsp3) is 0.400. The van der Waals surface area contributed by atoms with E-state index in [4.69, 9.17) is 33.7 Å². The summed E-state index contributed by atoms with van der Waals surface area (Å²) >= 11 is 11.7. The molecule has 2 rings (SSSR count). The lowest BCUT2D eigenvalue weighted by molar-refractivity contribution is 0.101. The van der Waals surface area contributed by atoms with E-state index in [1.165, 1.54) is 0 Å². The Bertz CT molecular complexity index is 317. The van der Waals surface area contributed by atoms with E-state index in [1.54, 1.807) is 18.2 Å². The normalized spacial score (nSPS) is 25.6. The van der Waals surface area contributed by atoms with Crippen molar-refractivity contribution in [2.24, 2.45) is 5.73 Å². The molecule has 2 N–H and O–H groups in total. The zero-order chi connectivity index (χ0) is 10.1. The van der Waals surface area contributed by atoms with Crippen LogP contribution in [0, 0.1) is 0 Å². The molecule has 1 aliphatic carbocycles. The van der Waals surface area contributed by atoms with Gasteiger partial charge in [-0.05, 0) is 31.0 Å². The van der Waals surface area contributed by atoms with Gasteiger partial charge in [0.15, 0.2) is 0 Å². The lowest BCUT2D eigenvalue weighted by atomic mass is 9.90. The van der Waals surface area contributed by atoms with E-state index in [0.717, 1.165) is 18.6 Å². The molecule has 1 saturated carbocycles.